The Kier molecular flexibility index (Phi) is 3.60. The monoisotopic (exact) mass is 285 g/mol. The number of carbonyl (C=O) groups excluding carboxylic acids is 1. The molecule has 0 aromatic heterocycles. The van der Waals surface area contributed by atoms with E-state index in [4.69, 9.17) is 0 Å². The summed E-state index contributed by atoms with van der Waals surface area (Å²) in [6, 6.07) is 11.5. The SMILES string of the molecule is O=C(c1cc(F)ccc1O)N1CCCc2ccccc2C1. The lowest BCUT2D eigenvalue weighted by Crippen LogP contribution is -2.30. The Labute approximate surface area is 122 Å². The van der Waals surface area contributed by atoms with E-state index in [1.54, 1.807) is 4.90 Å². The highest BCUT2D eigenvalue weighted by molar-refractivity contribution is 5.96. The Morgan fingerprint density at radius 3 is 2.71 bits per heavy atom. The van der Waals surface area contributed by atoms with E-state index in [9.17, 15) is 14.3 Å². The van der Waals surface area contributed by atoms with E-state index in [2.05, 4.69) is 6.07 Å². The average Bonchev–Trinajstić information content (AvgIpc) is 2.71. The molecule has 0 aliphatic carbocycles. The fourth-order valence-electron chi connectivity index (χ4n) is 2.72. The smallest absolute Gasteiger partial charge is 0.258 e. The molecule has 0 saturated heterocycles. The maximum atomic E-state index is 13.3. The van der Waals surface area contributed by atoms with E-state index in [1.165, 1.54) is 11.6 Å². The minimum atomic E-state index is -0.522. The molecule has 1 heterocycles. The molecule has 2 aromatic rings. The van der Waals surface area contributed by atoms with Crippen LogP contribution >= 0.6 is 0 Å². The van der Waals surface area contributed by atoms with Crippen molar-refractivity contribution < 1.29 is 14.3 Å². The summed E-state index contributed by atoms with van der Waals surface area (Å²) in [6.45, 7) is 1.09. The molecule has 21 heavy (non-hydrogen) atoms. The minimum absolute atomic E-state index is 0.0226. The number of benzene rings is 2. The molecule has 0 spiro atoms. The van der Waals surface area contributed by atoms with Gasteiger partial charge in [-0.1, -0.05) is 24.3 Å². The van der Waals surface area contributed by atoms with Gasteiger partial charge in [-0.3, -0.25) is 4.79 Å². The van der Waals surface area contributed by atoms with Crippen molar-refractivity contribution in [2.24, 2.45) is 0 Å². The van der Waals surface area contributed by atoms with Crippen molar-refractivity contribution in [3.63, 3.8) is 0 Å². The summed E-state index contributed by atoms with van der Waals surface area (Å²) in [4.78, 5) is 14.2. The van der Waals surface area contributed by atoms with Crippen LogP contribution in [0.5, 0.6) is 5.75 Å². The van der Waals surface area contributed by atoms with Gasteiger partial charge in [0, 0.05) is 13.1 Å². The number of aromatic hydroxyl groups is 1. The molecule has 1 aliphatic rings. The van der Waals surface area contributed by atoms with Gasteiger partial charge in [-0.25, -0.2) is 4.39 Å². The molecular weight excluding hydrogens is 269 g/mol. The van der Waals surface area contributed by atoms with Crippen LogP contribution < -0.4 is 0 Å². The number of carbonyl (C=O) groups is 1. The van der Waals surface area contributed by atoms with Gasteiger partial charge < -0.3 is 10.0 Å². The highest BCUT2D eigenvalue weighted by Crippen LogP contribution is 2.24. The van der Waals surface area contributed by atoms with Gasteiger partial charge >= 0.3 is 0 Å². The van der Waals surface area contributed by atoms with Crippen LogP contribution in [0.25, 0.3) is 0 Å². The highest BCUT2D eigenvalue weighted by atomic mass is 19.1. The first-order chi connectivity index (χ1) is 10.1. The Balaban J connectivity index is 1.90. The summed E-state index contributed by atoms with van der Waals surface area (Å²) < 4.78 is 13.3. The van der Waals surface area contributed by atoms with E-state index in [1.807, 2.05) is 18.2 Å². The maximum absolute atomic E-state index is 13.3. The average molecular weight is 285 g/mol. The van der Waals surface area contributed by atoms with Gasteiger partial charge in [-0.05, 0) is 42.2 Å². The van der Waals surface area contributed by atoms with Crippen LogP contribution in [0.1, 0.15) is 27.9 Å². The van der Waals surface area contributed by atoms with E-state index in [-0.39, 0.29) is 17.2 Å². The van der Waals surface area contributed by atoms with Gasteiger partial charge in [0.1, 0.15) is 11.6 Å². The summed E-state index contributed by atoms with van der Waals surface area (Å²) in [5, 5.41) is 9.79. The molecular formula is C17H16FNO2. The van der Waals surface area contributed by atoms with Crippen molar-refractivity contribution in [1.29, 1.82) is 0 Å². The lowest BCUT2D eigenvalue weighted by Gasteiger charge is -2.21. The molecule has 108 valence electrons. The number of rotatable bonds is 1. The van der Waals surface area contributed by atoms with E-state index < -0.39 is 5.82 Å². The molecule has 3 nitrogen and oxygen atoms in total. The lowest BCUT2D eigenvalue weighted by atomic mass is 10.0. The second-order valence-corrected chi connectivity index (χ2v) is 5.26. The number of amides is 1. The number of halogens is 1. The lowest BCUT2D eigenvalue weighted by molar-refractivity contribution is 0.0742. The van der Waals surface area contributed by atoms with Gasteiger partial charge in [-0.2, -0.15) is 0 Å². The van der Waals surface area contributed by atoms with Crippen molar-refractivity contribution in [2.75, 3.05) is 6.54 Å². The van der Waals surface area contributed by atoms with Crippen molar-refractivity contribution in [1.82, 2.24) is 4.90 Å². The zero-order valence-electron chi connectivity index (χ0n) is 11.6. The molecule has 0 fully saturated rings. The summed E-state index contributed by atoms with van der Waals surface area (Å²) in [7, 11) is 0. The zero-order valence-corrected chi connectivity index (χ0v) is 11.6. The second-order valence-electron chi connectivity index (χ2n) is 5.26. The first kappa shape index (κ1) is 13.6. The number of phenolic OH excluding ortho intramolecular Hbond substituents is 1. The molecule has 3 rings (SSSR count). The number of fused-ring (bicyclic) bond motifs is 1. The molecule has 1 aliphatic heterocycles. The Hall–Kier alpha value is -2.36. The third-order valence-electron chi connectivity index (χ3n) is 3.83. The van der Waals surface area contributed by atoms with E-state index in [0.717, 1.165) is 30.5 Å². The van der Waals surface area contributed by atoms with Gasteiger partial charge in [0.25, 0.3) is 5.91 Å². The van der Waals surface area contributed by atoms with Crippen LogP contribution in [0, 0.1) is 5.82 Å². The first-order valence-electron chi connectivity index (χ1n) is 7.00. The van der Waals surface area contributed by atoms with Crippen LogP contribution in [0.4, 0.5) is 4.39 Å². The van der Waals surface area contributed by atoms with Crippen LogP contribution in [0.15, 0.2) is 42.5 Å². The van der Waals surface area contributed by atoms with Gasteiger partial charge in [-0.15, -0.1) is 0 Å². The minimum Gasteiger partial charge on any atom is -0.507 e. The van der Waals surface area contributed by atoms with Crippen molar-refractivity contribution in [3.05, 3.63) is 65.0 Å². The fraction of sp³-hybridized carbons (Fsp3) is 0.235. The van der Waals surface area contributed by atoms with Gasteiger partial charge in [0.2, 0.25) is 0 Å². The number of nitrogens with zero attached hydrogens (tertiary/aromatic N) is 1. The molecule has 0 unspecified atom stereocenters. The van der Waals surface area contributed by atoms with Crippen LogP contribution in [0.2, 0.25) is 0 Å². The third-order valence-corrected chi connectivity index (χ3v) is 3.83. The van der Waals surface area contributed by atoms with Crippen LogP contribution in [0.3, 0.4) is 0 Å². The molecule has 1 N–H and O–H groups in total. The van der Waals surface area contributed by atoms with Crippen LogP contribution in [-0.4, -0.2) is 22.5 Å². The Morgan fingerprint density at radius 1 is 1.14 bits per heavy atom. The van der Waals surface area contributed by atoms with Crippen molar-refractivity contribution in [3.8, 4) is 5.75 Å². The Morgan fingerprint density at radius 2 is 1.90 bits per heavy atom. The normalized spacial score (nSPS) is 14.4. The van der Waals surface area contributed by atoms with Crippen molar-refractivity contribution in [2.45, 2.75) is 19.4 Å². The number of aryl methyl sites for hydroxylation is 1. The number of hydrogen-bond donors (Lipinski definition) is 1. The largest absolute Gasteiger partial charge is 0.507 e. The highest BCUT2D eigenvalue weighted by Gasteiger charge is 2.22. The zero-order chi connectivity index (χ0) is 14.8. The van der Waals surface area contributed by atoms with Crippen LogP contribution in [-0.2, 0) is 13.0 Å². The Bertz CT molecular complexity index is 684. The number of phenols is 1. The molecule has 1 amide bonds. The fourth-order valence-corrected chi connectivity index (χ4v) is 2.72. The standard InChI is InChI=1S/C17H16FNO2/c18-14-7-8-16(20)15(10-14)17(21)19-9-3-6-12-4-1-2-5-13(12)11-19/h1-2,4-5,7-8,10,20H,3,6,9,11H2. The topological polar surface area (TPSA) is 40.5 Å². The molecule has 0 bridgehead atoms. The quantitative estimate of drug-likeness (QED) is 0.874. The third kappa shape index (κ3) is 2.75. The molecule has 2 aromatic carbocycles. The summed E-state index contributed by atoms with van der Waals surface area (Å²) in [5.41, 5.74) is 2.38. The maximum Gasteiger partial charge on any atom is 0.258 e. The predicted molar refractivity (Wildman–Crippen MR) is 77.6 cm³/mol. The second kappa shape index (κ2) is 5.56. The van der Waals surface area contributed by atoms with Crippen molar-refractivity contribution >= 4 is 5.91 Å². The van der Waals surface area contributed by atoms with Gasteiger partial charge in [0.05, 0.1) is 5.56 Å². The molecule has 0 radical (unpaired) electrons. The van der Waals surface area contributed by atoms with E-state index in [0.29, 0.717) is 13.1 Å². The molecule has 0 atom stereocenters. The number of hydrogen-bond acceptors (Lipinski definition) is 2. The predicted octanol–water partition coefficient (Wildman–Crippen LogP) is 3.12. The summed E-state index contributed by atoms with van der Waals surface area (Å²) in [6.07, 6.45) is 1.79. The first-order valence-corrected chi connectivity index (χ1v) is 7.00. The molecule has 0 saturated carbocycles. The summed E-state index contributed by atoms with van der Waals surface area (Å²) in [5.74, 6) is -1.03. The molecule has 4 heteroatoms. The van der Waals surface area contributed by atoms with Gasteiger partial charge in [0.15, 0.2) is 0 Å². The van der Waals surface area contributed by atoms with E-state index >= 15 is 0 Å². The summed E-state index contributed by atoms with van der Waals surface area (Å²) >= 11 is 0.